The highest BCUT2D eigenvalue weighted by Gasteiger charge is 2.29. The van der Waals surface area contributed by atoms with Gasteiger partial charge in [-0.2, -0.15) is 0 Å². The maximum absolute atomic E-state index is 10.6. The first kappa shape index (κ1) is 6.87. The van der Waals surface area contributed by atoms with Crippen LogP contribution in [0.25, 0.3) is 0 Å². The lowest BCUT2D eigenvalue weighted by atomic mass is 10.0. The molecule has 1 atom stereocenters. The average Bonchev–Trinajstić information content (AvgIpc) is 1.60. The Morgan fingerprint density at radius 2 is 2.44 bits per heavy atom. The summed E-state index contributed by atoms with van der Waals surface area (Å²) in [4.78, 5) is 10.2. The minimum atomic E-state index is -0.352. The summed E-state index contributed by atoms with van der Waals surface area (Å²) in [6, 6.07) is 0. The molecule has 1 rings (SSSR count). The largest absolute Gasteiger partial charge is 0.466 e. The Kier molecular flexibility index (Phi) is 1.66. The van der Waals surface area contributed by atoms with E-state index in [-0.39, 0.29) is 10.8 Å². The number of cyclic esters (lactones) is 1. The number of hydrogen-bond acceptors (Lipinski definition) is 2. The predicted molar refractivity (Wildman–Crippen MR) is 34.5 cm³/mol. The van der Waals surface area contributed by atoms with Crippen molar-refractivity contribution < 1.29 is 9.53 Å². The molecule has 0 radical (unpaired) electrons. The fourth-order valence-corrected chi connectivity index (χ4v) is 1.00. The van der Waals surface area contributed by atoms with Gasteiger partial charge in [0.05, 0.1) is 17.9 Å². The van der Waals surface area contributed by atoms with E-state index in [1.807, 2.05) is 6.92 Å². The van der Waals surface area contributed by atoms with Crippen molar-refractivity contribution in [3.05, 3.63) is 0 Å². The third-order valence-electron chi connectivity index (χ3n) is 1.40. The monoisotopic (exact) mass is 148 g/mol. The summed E-state index contributed by atoms with van der Waals surface area (Å²) in [6.07, 6.45) is 1.11. The molecule has 0 aliphatic carbocycles. The number of esters is 1. The van der Waals surface area contributed by atoms with Crippen LogP contribution in [0.15, 0.2) is 0 Å². The molecule has 0 bridgehead atoms. The van der Waals surface area contributed by atoms with E-state index in [0.717, 1.165) is 6.42 Å². The van der Waals surface area contributed by atoms with Crippen molar-refractivity contribution in [1.82, 2.24) is 0 Å². The van der Waals surface area contributed by atoms with Crippen LogP contribution in [0.1, 0.15) is 19.8 Å². The Balaban J connectivity index is 2.51. The van der Waals surface area contributed by atoms with Gasteiger partial charge in [-0.3, -0.25) is 4.79 Å². The van der Waals surface area contributed by atoms with Crippen LogP contribution in [-0.4, -0.2) is 17.5 Å². The van der Waals surface area contributed by atoms with Crippen molar-refractivity contribution in [2.45, 2.75) is 24.6 Å². The molecule has 2 nitrogen and oxygen atoms in total. The number of carbonyl (C=O) groups excluding carboxylic acids is 1. The summed E-state index contributed by atoms with van der Waals surface area (Å²) >= 11 is 5.87. The second-order valence-corrected chi connectivity index (χ2v) is 3.47. The van der Waals surface area contributed by atoms with Gasteiger partial charge in [0, 0.05) is 6.42 Å². The van der Waals surface area contributed by atoms with Crippen LogP contribution >= 0.6 is 11.6 Å². The molecule has 1 saturated heterocycles. The number of rotatable bonds is 0. The minimum absolute atomic E-state index is 0.182. The van der Waals surface area contributed by atoms with Gasteiger partial charge in [-0.25, -0.2) is 0 Å². The van der Waals surface area contributed by atoms with Crippen LogP contribution in [-0.2, 0) is 9.53 Å². The lowest BCUT2D eigenvalue weighted by Crippen LogP contribution is -2.30. The second-order valence-electron chi connectivity index (χ2n) is 2.56. The van der Waals surface area contributed by atoms with Crippen LogP contribution < -0.4 is 0 Å². The molecular formula is C6H9ClO2. The van der Waals surface area contributed by atoms with E-state index in [0.29, 0.717) is 13.0 Å². The molecule has 52 valence electrons. The molecule has 0 N–H and O–H groups in total. The summed E-state index contributed by atoms with van der Waals surface area (Å²) in [5.74, 6) is -0.182. The zero-order valence-electron chi connectivity index (χ0n) is 5.32. The Hall–Kier alpha value is -0.240. The molecule has 1 unspecified atom stereocenters. The minimum Gasteiger partial charge on any atom is -0.466 e. The molecule has 1 fully saturated rings. The second kappa shape index (κ2) is 2.18. The van der Waals surface area contributed by atoms with Crippen molar-refractivity contribution in [3.63, 3.8) is 0 Å². The fourth-order valence-electron chi connectivity index (χ4n) is 0.818. The maximum atomic E-state index is 10.6. The molecule has 1 heterocycles. The van der Waals surface area contributed by atoms with Gasteiger partial charge in [-0.1, -0.05) is 0 Å². The highest BCUT2D eigenvalue weighted by molar-refractivity contribution is 6.24. The Morgan fingerprint density at radius 1 is 1.78 bits per heavy atom. The summed E-state index contributed by atoms with van der Waals surface area (Å²) in [6.45, 7) is 2.33. The van der Waals surface area contributed by atoms with E-state index in [4.69, 9.17) is 16.3 Å². The normalized spacial score (nSPS) is 36.0. The van der Waals surface area contributed by atoms with Gasteiger partial charge in [0.15, 0.2) is 0 Å². The van der Waals surface area contributed by atoms with Crippen molar-refractivity contribution in [3.8, 4) is 0 Å². The van der Waals surface area contributed by atoms with Gasteiger partial charge in [-0.15, -0.1) is 11.6 Å². The summed E-state index contributed by atoms with van der Waals surface area (Å²) < 4.78 is 4.69. The van der Waals surface area contributed by atoms with Crippen LogP contribution in [0.2, 0.25) is 0 Å². The van der Waals surface area contributed by atoms with E-state index >= 15 is 0 Å². The number of hydrogen-bond donors (Lipinski definition) is 0. The van der Waals surface area contributed by atoms with E-state index in [2.05, 4.69) is 0 Å². The third-order valence-corrected chi connectivity index (χ3v) is 1.72. The van der Waals surface area contributed by atoms with Crippen LogP contribution in [0.5, 0.6) is 0 Å². The quantitative estimate of drug-likeness (QED) is 0.383. The Morgan fingerprint density at radius 3 is 2.78 bits per heavy atom. The van der Waals surface area contributed by atoms with Gasteiger partial charge in [-0.05, 0) is 6.92 Å². The van der Waals surface area contributed by atoms with Gasteiger partial charge >= 0.3 is 5.97 Å². The van der Waals surface area contributed by atoms with E-state index in [1.54, 1.807) is 0 Å². The Bertz CT molecular complexity index is 131. The SMILES string of the molecule is CC1(Cl)CCOC(=O)C1. The summed E-state index contributed by atoms with van der Waals surface area (Å²) in [5.41, 5.74) is 0. The van der Waals surface area contributed by atoms with Crippen molar-refractivity contribution in [2.75, 3.05) is 6.61 Å². The molecule has 3 heteroatoms. The lowest BCUT2D eigenvalue weighted by Gasteiger charge is -2.25. The molecule has 1 aliphatic heterocycles. The predicted octanol–water partition coefficient (Wildman–Crippen LogP) is 1.32. The number of ether oxygens (including phenoxy) is 1. The van der Waals surface area contributed by atoms with Crippen LogP contribution in [0.4, 0.5) is 0 Å². The van der Waals surface area contributed by atoms with E-state index in [9.17, 15) is 4.79 Å². The first-order valence-electron chi connectivity index (χ1n) is 2.95. The molecular weight excluding hydrogens is 140 g/mol. The van der Waals surface area contributed by atoms with Crippen molar-refractivity contribution >= 4 is 17.6 Å². The molecule has 0 amide bonds. The van der Waals surface area contributed by atoms with Gasteiger partial charge in [0.1, 0.15) is 0 Å². The standard InChI is InChI=1S/C6H9ClO2/c1-6(7)2-3-9-5(8)4-6/h2-4H2,1H3. The average molecular weight is 149 g/mol. The highest BCUT2D eigenvalue weighted by atomic mass is 35.5. The number of halogens is 1. The number of alkyl halides is 1. The van der Waals surface area contributed by atoms with Crippen molar-refractivity contribution in [2.24, 2.45) is 0 Å². The first-order valence-corrected chi connectivity index (χ1v) is 3.32. The first-order chi connectivity index (χ1) is 4.10. The molecule has 9 heavy (non-hydrogen) atoms. The molecule has 0 aromatic rings. The smallest absolute Gasteiger partial charge is 0.307 e. The molecule has 1 aliphatic rings. The van der Waals surface area contributed by atoms with Crippen LogP contribution in [0.3, 0.4) is 0 Å². The fraction of sp³-hybridized carbons (Fsp3) is 0.833. The van der Waals surface area contributed by atoms with Crippen molar-refractivity contribution in [1.29, 1.82) is 0 Å². The van der Waals surface area contributed by atoms with Gasteiger partial charge in [0.2, 0.25) is 0 Å². The molecule has 0 saturated carbocycles. The lowest BCUT2D eigenvalue weighted by molar-refractivity contribution is -0.147. The van der Waals surface area contributed by atoms with Gasteiger partial charge in [0.25, 0.3) is 0 Å². The van der Waals surface area contributed by atoms with E-state index in [1.165, 1.54) is 0 Å². The molecule has 0 aromatic heterocycles. The van der Waals surface area contributed by atoms with Crippen LogP contribution in [0, 0.1) is 0 Å². The third kappa shape index (κ3) is 1.86. The summed E-state index contributed by atoms with van der Waals surface area (Å²) in [7, 11) is 0. The van der Waals surface area contributed by atoms with Gasteiger partial charge < -0.3 is 4.74 Å². The topological polar surface area (TPSA) is 26.3 Å². The zero-order valence-corrected chi connectivity index (χ0v) is 6.07. The van der Waals surface area contributed by atoms with E-state index < -0.39 is 0 Å². The molecule has 0 spiro atoms. The Labute approximate surface area is 59.1 Å². The number of carbonyl (C=O) groups is 1. The highest BCUT2D eigenvalue weighted by Crippen LogP contribution is 2.27. The zero-order chi connectivity index (χ0) is 6.91. The maximum Gasteiger partial charge on any atom is 0.307 e. The summed E-state index contributed by atoms with van der Waals surface area (Å²) in [5, 5.41) is 0. The molecule has 0 aromatic carbocycles.